The van der Waals surface area contributed by atoms with E-state index in [0.717, 1.165) is 0 Å². The average molecular weight is 374 g/mol. The predicted octanol–water partition coefficient (Wildman–Crippen LogP) is 1.88. The van der Waals surface area contributed by atoms with Gasteiger partial charge in [-0.15, -0.1) is 6.42 Å². The van der Waals surface area contributed by atoms with Crippen molar-refractivity contribution in [1.82, 2.24) is 9.36 Å². The number of nitrogens with one attached hydrogen (secondary N) is 1. The molecule has 1 unspecified atom stereocenters. The third kappa shape index (κ3) is 3.01. The Morgan fingerprint density at radius 2 is 2.04 bits per heavy atom. The first-order valence-corrected chi connectivity index (χ1v) is 8.10. The van der Waals surface area contributed by atoms with Gasteiger partial charge in [0.15, 0.2) is 5.03 Å². The van der Waals surface area contributed by atoms with Crippen molar-refractivity contribution < 1.29 is 14.3 Å². The van der Waals surface area contributed by atoms with E-state index in [1.165, 1.54) is 4.68 Å². The summed E-state index contributed by atoms with van der Waals surface area (Å²) in [6, 6.07) is 9.17. The largest absolute Gasteiger partial charge is 0.425 e. The van der Waals surface area contributed by atoms with Crippen LogP contribution in [-0.2, 0) is 21.3 Å². The van der Waals surface area contributed by atoms with E-state index < -0.39 is 12.3 Å². The molecule has 8 heteroatoms. The number of ether oxygens (including phenoxy) is 2. The van der Waals surface area contributed by atoms with Crippen LogP contribution in [0, 0.1) is 19.3 Å². The lowest BCUT2D eigenvalue weighted by Crippen LogP contribution is -2.24. The first kappa shape index (κ1) is 17.9. The highest BCUT2D eigenvalue weighted by Crippen LogP contribution is 2.28. The lowest BCUT2D eigenvalue weighted by atomic mass is 10.3. The van der Waals surface area contributed by atoms with Gasteiger partial charge in [-0.25, -0.2) is 9.48 Å². The van der Waals surface area contributed by atoms with Crippen molar-refractivity contribution in [2.24, 2.45) is 7.05 Å². The molecular formula is C18H16ClN3O4. The van der Waals surface area contributed by atoms with Crippen molar-refractivity contribution in [2.75, 3.05) is 11.9 Å². The number of carbonyl (C=O) groups excluding carboxylic acids is 1. The maximum atomic E-state index is 12.9. The Kier molecular flexibility index (Phi) is 4.89. The van der Waals surface area contributed by atoms with Crippen molar-refractivity contribution in [1.29, 1.82) is 0 Å². The molecule has 1 N–H and O–H groups in total. The van der Waals surface area contributed by atoms with Crippen LogP contribution in [0.2, 0.25) is 0 Å². The molecular weight excluding hydrogens is 358 g/mol. The number of nitrogens with zero attached hydrogens (tertiary/aromatic N) is 2. The van der Waals surface area contributed by atoms with E-state index in [2.05, 4.69) is 11.2 Å². The van der Waals surface area contributed by atoms with Gasteiger partial charge in [0.2, 0.25) is 6.29 Å². The molecule has 0 amide bonds. The van der Waals surface area contributed by atoms with Gasteiger partial charge in [-0.05, 0) is 19.1 Å². The number of para-hydroxylation sites is 1. The van der Waals surface area contributed by atoms with Crippen LogP contribution in [0.15, 0.2) is 45.9 Å². The van der Waals surface area contributed by atoms with E-state index in [4.69, 9.17) is 27.5 Å². The number of terminal acetylenes is 1. The maximum absolute atomic E-state index is 12.9. The highest BCUT2D eigenvalue weighted by molar-refractivity contribution is 6.42. The Morgan fingerprint density at radius 3 is 2.69 bits per heavy atom. The van der Waals surface area contributed by atoms with Gasteiger partial charge in [-0.2, -0.15) is 0 Å². The third-order valence-corrected chi connectivity index (χ3v) is 4.36. The minimum Gasteiger partial charge on any atom is -0.425 e. The summed E-state index contributed by atoms with van der Waals surface area (Å²) in [5, 5.41) is 2.72. The van der Waals surface area contributed by atoms with E-state index >= 15 is 0 Å². The van der Waals surface area contributed by atoms with E-state index in [1.54, 1.807) is 18.7 Å². The SMILES string of the molecule is C#CCOC1OC(=O)C(Cl)=C1Nc1c(C)n(C)n(-c2ccccc2)c1=O. The molecule has 0 saturated carbocycles. The number of carbonyl (C=O) groups is 1. The summed E-state index contributed by atoms with van der Waals surface area (Å²) in [6.07, 6.45) is 4.08. The molecule has 0 saturated heterocycles. The Labute approximate surface area is 154 Å². The predicted molar refractivity (Wildman–Crippen MR) is 96.9 cm³/mol. The Bertz CT molecular complexity index is 982. The monoisotopic (exact) mass is 373 g/mol. The summed E-state index contributed by atoms with van der Waals surface area (Å²) >= 11 is 6.02. The molecule has 134 valence electrons. The molecule has 1 aliphatic heterocycles. The molecule has 0 aliphatic carbocycles. The number of rotatable bonds is 5. The van der Waals surface area contributed by atoms with Crippen LogP contribution in [0.4, 0.5) is 5.69 Å². The van der Waals surface area contributed by atoms with E-state index in [0.29, 0.717) is 11.4 Å². The summed E-state index contributed by atoms with van der Waals surface area (Å²) in [6.45, 7) is 1.70. The molecule has 0 radical (unpaired) electrons. The molecule has 0 spiro atoms. The van der Waals surface area contributed by atoms with Gasteiger partial charge in [-0.1, -0.05) is 35.7 Å². The summed E-state index contributed by atoms with van der Waals surface area (Å²) in [7, 11) is 1.76. The third-order valence-electron chi connectivity index (χ3n) is 4.00. The van der Waals surface area contributed by atoms with Gasteiger partial charge < -0.3 is 14.8 Å². The van der Waals surface area contributed by atoms with Gasteiger partial charge in [0.25, 0.3) is 5.56 Å². The Hall–Kier alpha value is -2.95. The second kappa shape index (κ2) is 7.12. The molecule has 2 heterocycles. The molecule has 1 aromatic carbocycles. The molecule has 26 heavy (non-hydrogen) atoms. The number of anilines is 1. The minimum atomic E-state index is -1.09. The van der Waals surface area contributed by atoms with Crippen LogP contribution in [-0.4, -0.2) is 28.2 Å². The van der Waals surface area contributed by atoms with Crippen LogP contribution in [0.25, 0.3) is 5.69 Å². The maximum Gasteiger partial charge on any atom is 0.354 e. The first-order chi connectivity index (χ1) is 12.5. The zero-order valence-corrected chi connectivity index (χ0v) is 14.9. The second-order valence-corrected chi connectivity index (χ2v) is 5.92. The number of esters is 1. The van der Waals surface area contributed by atoms with Crippen molar-refractivity contribution >= 4 is 23.3 Å². The molecule has 3 rings (SSSR count). The second-order valence-electron chi connectivity index (χ2n) is 5.54. The fourth-order valence-electron chi connectivity index (χ4n) is 2.62. The van der Waals surface area contributed by atoms with Crippen LogP contribution in [0.3, 0.4) is 0 Å². The summed E-state index contributed by atoms with van der Waals surface area (Å²) in [5.41, 5.74) is 1.46. The highest BCUT2D eigenvalue weighted by atomic mass is 35.5. The lowest BCUT2D eigenvalue weighted by Gasteiger charge is -2.14. The number of cyclic esters (lactones) is 1. The van der Waals surface area contributed by atoms with Crippen LogP contribution < -0.4 is 10.9 Å². The smallest absolute Gasteiger partial charge is 0.354 e. The standard InChI is InChI=1S/C18H16ClN3O4/c1-4-10-25-18-15(13(19)17(24)26-18)20-14-11(2)21(3)22(16(14)23)12-8-6-5-7-9-12/h1,5-9,18,20H,10H2,2-3H3. The summed E-state index contributed by atoms with van der Waals surface area (Å²) in [4.78, 5) is 24.7. The quantitative estimate of drug-likeness (QED) is 0.640. The molecule has 0 fully saturated rings. The molecule has 2 aromatic rings. The van der Waals surface area contributed by atoms with Gasteiger partial charge in [0.1, 0.15) is 18.0 Å². The van der Waals surface area contributed by atoms with Crippen LogP contribution >= 0.6 is 11.6 Å². The summed E-state index contributed by atoms with van der Waals surface area (Å²) < 4.78 is 13.5. The first-order valence-electron chi connectivity index (χ1n) is 7.72. The highest BCUT2D eigenvalue weighted by Gasteiger charge is 2.35. The van der Waals surface area contributed by atoms with Crippen LogP contribution in [0.1, 0.15) is 5.69 Å². The van der Waals surface area contributed by atoms with Crippen molar-refractivity contribution in [2.45, 2.75) is 13.2 Å². The van der Waals surface area contributed by atoms with E-state index in [9.17, 15) is 9.59 Å². The zero-order chi connectivity index (χ0) is 18.8. The lowest BCUT2D eigenvalue weighted by molar-refractivity contribution is -0.157. The zero-order valence-electron chi connectivity index (χ0n) is 14.2. The van der Waals surface area contributed by atoms with Gasteiger partial charge in [0, 0.05) is 7.05 Å². The topological polar surface area (TPSA) is 74.5 Å². The van der Waals surface area contributed by atoms with Gasteiger partial charge in [-0.3, -0.25) is 9.48 Å². The minimum absolute atomic E-state index is 0.0741. The normalized spacial score (nSPS) is 16.5. The molecule has 7 nitrogen and oxygen atoms in total. The Morgan fingerprint density at radius 1 is 1.35 bits per heavy atom. The van der Waals surface area contributed by atoms with Crippen molar-refractivity contribution in [3.05, 3.63) is 57.1 Å². The summed E-state index contributed by atoms with van der Waals surface area (Å²) in [5.74, 6) is 1.55. The molecule has 0 bridgehead atoms. The number of hydrogen-bond acceptors (Lipinski definition) is 5. The number of benzene rings is 1. The van der Waals surface area contributed by atoms with Gasteiger partial charge >= 0.3 is 5.97 Å². The van der Waals surface area contributed by atoms with Crippen molar-refractivity contribution in [3.8, 4) is 18.0 Å². The fourth-order valence-corrected chi connectivity index (χ4v) is 2.80. The number of halogens is 1. The number of aromatic nitrogens is 2. The average Bonchev–Trinajstić information content (AvgIpc) is 3.02. The van der Waals surface area contributed by atoms with E-state index in [-0.39, 0.29) is 28.6 Å². The van der Waals surface area contributed by atoms with Gasteiger partial charge in [0.05, 0.1) is 11.4 Å². The molecule has 1 atom stereocenters. The Balaban J connectivity index is 2.02. The number of hydrogen-bond donors (Lipinski definition) is 1. The van der Waals surface area contributed by atoms with Crippen LogP contribution in [0.5, 0.6) is 0 Å². The molecule has 1 aromatic heterocycles. The van der Waals surface area contributed by atoms with E-state index in [1.807, 2.05) is 30.3 Å². The van der Waals surface area contributed by atoms with Crippen molar-refractivity contribution in [3.63, 3.8) is 0 Å². The fraction of sp³-hybridized carbons (Fsp3) is 0.222. The molecule has 1 aliphatic rings.